The number of aliphatic hydroxyl groups is 2. The maximum atomic E-state index is 10.2. The van der Waals surface area contributed by atoms with Crippen molar-refractivity contribution >= 4 is 0 Å². The Kier molecular flexibility index (Phi) is 0.931. The molecule has 5 aliphatic rings. The molecule has 0 spiro atoms. The molecule has 0 heterocycles. The van der Waals surface area contributed by atoms with Crippen LogP contribution in [0.1, 0.15) is 12.8 Å². The van der Waals surface area contributed by atoms with Crippen molar-refractivity contribution in [2.45, 2.75) is 25.0 Å². The highest BCUT2D eigenvalue weighted by Crippen LogP contribution is 2.79. The summed E-state index contributed by atoms with van der Waals surface area (Å²) in [6.07, 6.45) is 2.27. The lowest BCUT2D eigenvalue weighted by Crippen LogP contribution is -2.41. The standard InChI is InChI=1S/C12H16O2/c13-11-3-1-4-8-7(3)9-5(11)2-6(10(8)9)12(4)14/h3-14H,1-2H2/t3-,4+,5-,6+,7?,8?,9?,10?,11?,12?. The Hall–Kier alpha value is -0.0800. The third-order valence-electron chi connectivity index (χ3n) is 6.60. The molecule has 0 amide bonds. The Morgan fingerprint density at radius 2 is 0.857 bits per heavy atom. The minimum Gasteiger partial charge on any atom is -0.393 e. The Balaban J connectivity index is 1.76. The molecule has 76 valence electrons. The monoisotopic (exact) mass is 192 g/mol. The molecular weight excluding hydrogens is 176 g/mol. The molecule has 5 fully saturated rings. The Morgan fingerprint density at radius 3 is 1.14 bits per heavy atom. The van der Waals surface area contributed by atoms with Gasteiger partial charge in [0.05, 0.1) is 12.2 Å². The van der Waals surface area contributed by atoms with Crippen LogP contribution in [0.15, 0.2) is 0 Å². The van der Waals surface area contributed by atoms with Crippen LogP contribution in [-0.2, 0) is 0 Å². The van der Waals surface area contributed by atoms with E-state index in [0.29, 0.717) is 23.7 Å². The van der Waals surface area contributed by atoms with Crippen molar-refractivity contribution in [1.29, 1.82) is 0 Å². The third kappa shape index (κ3) is 0.455. The highest BCUT2D eigenvalue weighted by Gasteiger charge is 2.78. The molecule has 0 saturated heterocycles. The van der Waals surface area contributed by atoms with E-state index in [2.05, 4.69) is 0 Å². The summed E-state index contributed by atoms with van der Waals surface area (Å²) in [6, 6.07) is 0. The van der Waals surface area contributed by atoms with Gasteiger partial charge >= 0.3 is 0 Å². The first-order chi connectivity index (χ1) is 6.79. The van der Waals surface area contributed by atoms with Crippen molar-refractivity contribution in [3.05, 3.63) is 0 Å². The van der Waals surface area contributed by atoms with E-state index in [4.69, 9.17) is 0 Å². The quantitative estimate of drug-likeness (QED) is 0.586. The minimum atomic E-state index is -0.000000000000000222. The average Bonchev–Trinajstić information content (AvgIpc) is 2.71. The zero-order valence-corrected chi connectivity index (χ0v) is 8.08. The Morgan fingerprint density at radius 1 is 0.571 bits per heavy atom. The molecule has 0 aromatic carbocycles. The second-order valence-corrected chi connectivity index (χ2v) is 6.42. The lowest BCUT2D eigenvalue weighted by Gasteiger charge is -2.44. The van der Waals surface area contributed by atoms with Crippen molar-refractivity contribution in [2.75, 3.05) is 0 Å². The van der Waals surface area contributed by atoms with Crippen molar-refractivity contribution in [3.8, 4) is 0 Å². The number of hydrogen-bond donors (Lipinski definition) is 2. The molecule has 5 aliphatic carbocycles. The fourth-order valence-electron chi connectivity index (χ4n) is 6.52. The molecule has 0 aromatic heterocycles. The van der Waals surface area contributed by atoms with Crippen LogP contribution in [-0.4, -0.2) is 22.4 Å². The van der Waals surface area contributed by atoms with Gasteiger partial charge in [0.1, 0.15) is 0 Å². The van der Waals surface area contributed by atoms with Gasteiger partial charge in [-0.1, -0.05) is 0 Å². The second kappa shape index (κ2) is 1.80. The summed E-state index contributed by atoms with van der Waals surface area (Å²) in [6.45, 7) is 0. The molecule has 0 bridgehead atoms. The predicted molar refractivity (Wildman–Crippen MR) is 49.2 cm³/mol. The van der Waals surface area contributed by atoms with Gasteiger partial charge in [-0.15, -0.1) is 0 Å². The SMILES string of the molecule is OC1[C@@H]2C[C@H]3C4C2C2C4[C@H](C[C@H]21)C3O. The van der Waals surface area contributed by atoms with Gasteiger partial charge in [0.2, 0.25) is 0 Å². The maximum absolute atomic E-state index is 10.2. The van der Waals surface area contributed by atoms with Crippen molar-refractivity contribution < 1.29 is 10.2 Å². The van der Waals surface area contributed by atoms with Gasteiger partial charge in [-0.2, -0.15) is 0 Å². The number of aliphatic hydroxyl groups excluding tert-OH is 2. The highest BCUT2D eigenvalue weighted by molar-refractivity contribution is 5.26. The van der Waals surface area contributed by atoms with Gasteiger partial charge < -0.3 is 10.2 Å². The molecule has 0 aliphatic heterocycles. The number of rotatable bonds is 0. The normalized spacial score (nSPS) is 81.0. The lowest BCUT2D eigenvalue weighted by molar-refractivity contribution is 0.0202. The van der Waals surface area contributed by atoms with Gasteiger partial charge in [-0.25, -0.2) is 0 Å². The van der Waals surface area contributed by atoms with Crippen LogP contribution < -0.4 is 0 Å². The molecule has 5 saturated carbocycles. The van der Waals surface area contributed by atoms with Crippen LogP contribution in [0.3, 0.4) is 0 Å². The molecule has 2 nitrogen and oxygen atoms in total. The largest absolute Gasteiger partial charge is 0.393 e. The first-order valence-electron chi connectivity index (χ1n) is 6.15. The van der Waals surface area contributed by atoms with Crippen LogP contribution in [0, 0.1) is 47.3 Å². The first-order valence-corrected chi connectivity index (χ1v) is 6.15. The molecule has 2 heteroatoms. The van der Waals surface area contributed by atoms with Crippen molar-refractivity contribution in [1.82, 2.24) is 0 Å². The smallest absolute Gasteiger partial charge is 0.0602 e. The maximum Gasteiger partial charge on any atom is 0.0602 e. The van der Waals surface area contributed by atoms with E-state index in [1.165, 1.54) is 0 Å². The van der Waals surface area contributed by atoms with Crippen LogP contribution in [0.4, 0.5) is 0 Å². The Labute approximate surface area is 83.3 Å². The van der Waals surface area contributed by atoms with Crippen LogP contribution in [0.2, 0.25) is 0 Å². The van der Waals surface area contributed by atoms with Crippen molar-refractivity contribution in [3.63, 3.8) is 0 Å². The molecule has 0 aromatic rings. The fraction of sp³-hybridized carbons (Fsp3) is 1.00. The topological polar surface area (TPSA) is 40.5 Å². The van der Waals surface area contributed by atoms with Gasteiger partial charge in [-0.05, 0) is 60.2 Å². The van der Waals surface area contributed by atoms with Crippen LogP contribution >= 0.6 is 0 Å². The highest BCUT2D eigenvalue weighted by atomic mass is 16.3. The number of hydrogen-bond acceptors (Lipinski definition) is 2. The van der Waals surface area contributed by atoms with E-state index in [-0.39, 0.29) is 12.2 Å². The van der Waals surface area contributed by atoms with Crippen molar-refractivity contribution in [2.24, 2.45) is 47.3 Å². The molecule has 4 unspecified atom stereocenters. The second-order valence-electron chi connectivity index (χ2n) is 6.42. The van der Waals surface area contributed by atoms with E-state index >= 15 is 0 Å². The minimum absolute atomic E-state index is 0.000000000000000222. The summed E-state index contributed by atoms with van der Waals surface area (Å²) in [5.41, 5.74) is 0. The van der Waals surface area contributed by atoms with E-state index in [0.717, 1.165) is 36.5 Å². The average molecular weight is 192 g/mol. The van der Waals surface area contributed by atoms with Crippen LogP contribution in [0.5, 0.6) is 0 Å². The summed E-state index contributed by atoms with van der Waals surface area (Å²) in [5.74, 6) is 5.61. The summed E-state index contributed by atoms with van der Waals surface area (Å²) < 4.78 is 0. The summed E-state index contributed by atoms with van der Waals surface area (Å²) in [4.78, 5) is 0. The van der Waals surface area contributed by atoms with Gasteiger partial charge in [0.25, 0.3) is 0 Å². The van der Waals surface area contributed by atoms with E-state index in [1.807, 2.05) is 0 Å². The first kappa shape index (κ1) is 7.24. The summed E-state index contributed by atoms with van der Waals surface area (Å²) in [5, 5.41) is 20.5. The zero-order chi connectivity index (χ0) is 9.19. The molecule has 2 N–H and O–H groups in total. The van der Waals surface area contributed by atoms with E-state index < -0.39 is 0 Å². The molecular formula is C12H16O2. The predicted octanol–water partition coefficient (Wildman–Crippen LogP) is 0.486. The van der Waals surface area contributed by atoms with Gasteiger partial charge in [-0.3, -0.25) is 0 Å². The molecule has 8 atom stereocenters. The lowest BCUT2D eigenvalue weighted by atomic mass is 9.60. The molecule has 0 radical (unpaired) electrons. The Bertz CT molecular complexity index is 260. The van der Waals surface area contributed by atoms with Gasteiger partial charge in [0, 0.05) is 0 Å². The third-order valence-corrected chi connectivity index (χ3v) is 6.60. The summed E-state index contributed by atoms with van der Waals surface area (Å²) >= 11 is 0. The van der Waals surface area contributed by atoms with E-state index in [9.17, 15) is 10.2 Å². The molecule has 5 rings (SSSR count). The van der Waals surface area contributed by atoms with Crippen LogP contribution in [0.25, 0.3) is 0 Å². The molecule has 14 heavy (non-hydrogen) atoms. The van der Waals surface area contributed by atoms with E-state index in [1.54, 1.807) is 0 Å². The zero-order valence-electron chi connectivity index (χ0n) is 8.08. The fourth-order valence-corrected chi connectivity index (χ4v) is 6.52. The summed E-state index contributed by atoms with van der Waals surface area (Å²) in [7, 11) is 0. The van der Waals surface area contributed by atoms with Gasteiger partial charge in [0.15, 0.2) is 0 Å².